The Morgan fingerprint density at radius 3 is 2.46 bits per heavy atom. The molecule has 4 rings (SSSR count). The van der Waals surface area contributed by atoms with Crippen LogP contribution in [0.2, 0.25) is 5.02 Å². The molecule has 2 aromatic rings. The van der Waals surface area contributed by atoms with E-state index in [4.69, 9.17) is 21.5 Å². The van der Waals surface area contributed by atoms with Crippen LogP contribution < -0.4 is 10.2 Å². The van der Waals surface area contributed by atoms with Gasteiger partial charge in [0.15, 0.2) is 6.61 Å². The Labute approximate surface area is 219 Å². The molecule has 1 aliphatic heterocycles. The Hall–Kier alpha value is -2.99. The van der Waals surface area contributed by atoms with Crippen LogP contribution in [0.5, 0.6) is 0 Å². The van der Waals surface area contributed by atoms with Crippen molar-refractivity contribution < 1.29 is 32.7 Å². The third-order valence-corrected chi connectivity index (χ3v) is 7.67. The molecule has 0 spiro atoms. The third-order valence-electron chi connectivity index (χ3n) is 6.69. The third kappa shape index (κ3) is 6.12. The molecule has 1 saturated carbocycles. The largest absolute Gasteiger partial charge is 0.479 e. The summed E-state index contributed by atoms with van der Waals surface area (Å²) in [7, 11) is -3.57. The van der Waals surface area contributed by atoms with E-state index in [1.54, 1.807) is 53.4 Å². The Balaban J connectivity index is 1.85. The number of sulfonamides is 1. The highest BCUT2D eigenvalue weighted by Gasteiger charge is 2.49. The average Bonchev–Trinajstić information content (AvgIpc) is 2.84. The van der Waals surface area contributed by atoms with Gasteiger partial charge in [-0.15, -0.1) is 0 Å². The molecular formula is C25H28ClN3O7S. The minimum Gasteiger partial charge on any atom is -0.479 e. The van der Waals surface area contributed by atoms with Crippen molar-refractivity contribution in [3.05, 3.63) is 70.2 Å². The number of hydrogen-bond donors (Lipinski definition) is 3. The number of hydrogen-bond acceptors (Lipinski definition) is 6. The highest BCUT2D eigenvalue weighted by molar-refractivity contribution is 7.88. The summed E-state index contributed by atoms with van der Waals surface area (Å²) < 4.78 is 27.1. The summed E-state index contributed by atoms with van der Waals surface area (Å²) in [6.07, 6.45) is 3.73. The molecule has 0 saturated heterocycles. The van der Waals surface area contributed by atoms with Gasteiger partial charge in [-0.2, -0.15) is 0 Å². The molecule has 0 bridgehead atoms. The minimum absolute atomic E-state index is 0.315. The zero-order chi connectivity index (χ0) is 26.7. The molecule has 1 fully saturated rings. The Bertz CT molecular complexity index is 1290. The maximum Gasteiger partial charge on any atom is 0.332 e. The predicted octanol–water partition coefficient (Wildman–Crippen LogP) is 2.61. The van der Waals surface area contributed by atoms with Crippen LogP contribution in [0.15, 0.2) is 48.5 Å². The zero-order valence-corrected chi connectivity index (χ0v) is 21.7. The molecule has 12 heteroatoms. The first-order valence-electron chi connectivity index (χ1n) is 11.8. The van der Waals surface area contributed by atoms with Crippen LogP contribution in [0.4, 0.5) is 0 Å². The van der Waals surface area contributed by atoms with Crippen LogP contribution in [0.3, 0.4) is 0 Å². The number of amides is 2. The second kappa shape index (κ2) is 11.2. The smallest absolute Gasteiger partial charge is 0.332 e. The number of hydroxylamine groups is 1. The van der Waals surface area contributed by atoms with E-state index < -0.39 is 52.6 Å². The monoisotopic (exact) mass is 549 g/mol. The summed E-state index contributed by atoms with van der Waals surface area (Å²) in [6, 6.07) is 11.6. The van der Waals surface area contributed by atoms with Crippen LogP contribution in [-0.4, -0.2) is 61.2 Å². The highest BCUT2D eigenvalue weighted by atomic mass is 35.5. The van der Waals surface area contributed by atoms with Crippen LogP contribution in [0.25, 0.3) is 0 Å². The SMILES string of the molecule is CS(=O)(=O)N[C@H]1CCCCC1N1C(=O)c2ccccc2[C@@H](C(=O)NOCC(=O)O)[C@@H]1c1ccc(Cl)cc1. The maximum absolute atomic E-state index is 14.0. The highest BCUT2D eigenvalue weighted by Crippen LogP contribution is 2.46. The lowest BCUT2D eigenvalue weighted by atomic mass is 9.76. The maximum atomic E-state index is 14.0. The van der Waals surface area contributed by atoms with Crippen molar-refractivity contribution in [2.75, 3.05) is 12.9 Å². The second-order valence-corrected chi connectivity index (χ2v) is 11.5. The van der Waals surface area contributed by atoms with E-state index in [0.29, 0.717) is 34.6 Å². The summed E-state index contributed by atoms with van der Waals surface area (Å²) in [6.45, 7) is -0.739. The van der Waals surface area contributed by atoms with Gasteiger partial charge in [0, 0.05) is 22.7 Å². The van der Waals surface area contributed by atoms with Gasteiger partial charge < -0.3 is 10.0 Å². The van der Waals surface area contributed by atoms with Crippen molar-refractivity contribution in [2.45, 2.75) is 49.7 Å². The molecule has 4 atom stereocenters. The molecule has 1 unspecified atom stereocenters. The fourth-order valence-corrected chi connectivity index (χ4v) is 6.25. The number of carboxylic acid groups (broad SMARTS) is 1. The number of carboxylic acids is 1. The molecule has 0 radical (unpaired) electrons. The van der Waals surface area contributed by atoms with E-state index >= 15 is 0 Å². The van der Waals surface area contributed by atoms with Gasteiger partial charge in [-0.05, 0) is 42.2 Å². The summed E-state index contributed by atoms with van der Waals surface area (Å²) in [4.78, 5) is 45.0. The Morgan fingerprint density at radius 2 is 1.78 bits per heavy atom. The number of carbonyl (C=O) groups excluding carboxylic acids is 2. The number of nitrogens with one attached hydrogen (secondary N) is 2. The van der Waals surface area contributed by atoms with Gasteiger partial charge in [0.2, 0.25) is 10.0 Å². The van der Waals surface area contributed by atoms with Crippen LogP contribution >= 0.6 is 11.6 Å². The minimum atomic E-state index is -3.57. The van der Waals surface area contributed by atoms with Crippen LogP contribution in [-0.2, 0) is 24.4 Å². The summed E-state index contributed by atoms with van der Waals surface area (Å²) in [5.74, 6) is -3.18. The Kier molecular flexibility index (Phi) is 8.17. The average molecular weight is 550 g/mol. The van der Waals surface area contributed by atoms with Crippen molar-refractivity contribution in [3.8, 4) is 0 Å². The number of rotatable bonds is 8. The van der Waals surface area contributed by atoms with Crippen LogP contribution in [0, 0.1) is 0 Å². The topological polar surface area (TPSA) is 142 Å². The Morgan fingerprint density at radius 1 is 1.11 bits per heavy atom. The molecule has 2 amide bonds. The predicted molar refractivity (Wildman–Crippen MR) is 135 cm³/mol. The molecule has 2 aromatic carbocycles. The lowest BCUT2D eigenvalue weighted by Gasteiger charge is -2.49. The van der Waals surface area contributed by atoms with E-state index in [1.165, 1.54) is 0 Å². The van der Waals surface area contributed by atoms with Crippen LogP contribution in [0.1, 0.15) is 59.1 Å². The van der Waals surface area contributed by atoms with Crippen molar-refractivity contribution >= 4 is 39.4 Å². The van der Waals surface area contributed by atoms with Crippen molar-refractivity contribution in [2.24, 2.45) is 0 Å². The quantitative estimate of drug-likeness (QED) is 0.430. The van der Waals surface area contributed by atoms with Gasteiger partial charge in [-0.1, -0.05) is 54.8 Å². The van der Waals surface area contributed by atoms with Gasteiger partial charge in [-0.3, -0.25) is 14.4 Å². The normalized spacial score (nSPS) is 23.8. The molecular weight excluding hydrogens is 522 g/mol. The number of benzene rings is 2. The van der Waals surface area contributed by atoms with Gasteiger partial charge in [0.05, 0.1) is 18.2 Å². The number of halogens is 1. The van der Waals surface area contributed by atoms with Gasteiger partial charge in [0.25, 0.3) is 11.8 Å². The molecule has 10 nitrogen and oxygen atoms in total. The first-order chi connectivity index (χ1) is 17.6. The van der Waals surface area contributed by atoms with E-state index in [9.17, 15) is 22.8 Å². The van der Waals surface area contributed by atoms with E-state index in [2.05, 4.69) is 10.2 Å². The summed E-state index contributed by atoms with van der Waals surface area (Å²) in [5, 5.41) is 9.39. The van der Waals surface area contributed by atoms with E-state index in [-0.39, 0.29) is 5.91 Å². The van der Waals surface area contributed by atoms with Gasteiger partial charge >= 0.3 is 5.97 Å². The summed E-state index contributed by atoms with van der Waals surface area (Å²) >= 11 is 6.13. The van der Waals surface area contributed by atoms with E-state index in [1.807, 2.05) is 0 Å². The fourth-order valence-electron chi connectivity index (χ4n) is 5.30. The first-order valence-corrected chi connectivity index (χ1v) is 14.1. The van der Waals surface area contributed by atoms with Gasteiger partial charge in [-0.25, -0.2) is 23.4 Å². The van der Waals surface area contributed by atoms with E-state index in [0.717, 1.165) is 19.1 Å². The lowest BCUT2D eigenvalue weighted by molar-refractivity contribution is -0.150. The molecule has 1 aliphatic carbocycles. The molecule has 0 aromatic heterocycles. The van der Waals surface area contributed by atoms with Crippen molar-refractivity contribution in [1.29, 1.82) is 0 Å². The molecule has 3 N–H and O–H groups in total. The molecule has 1 heterocycles. The molecule has 2 aliphatic rings. The van der Waals surface area contributed by atoms with Crippen molar-refractivity contribution in [1.82, 2.24) is 15.1 Å². The number of aliphatic carboxylic acids is 1. The summed E-state index contributed by atoms with van der Waals surface area (Å²) in [5.41, 5.74) is 3.62. The van der Waals surface area contributed by atoms with Gasteiger partial charge in [0.1, 0.15) is 0 Å². The molecule has 37 heavy (non-hydrogen) atoms. The number of carbonyl (C=O) groups is 3. The standard InChI is InChI=1S/C25H28ClN3O7S/c1-37(34,35)28-19-8-4-5-9-20(19)29-23(15-10-12-16(26)13-11-15)22(24(32)27-36-14-21(30)31)17-6-2-3-7-18(17)25(29)33/h2-3,6-7,10-13,19-20,22-23,28H,4-5,8-9,14H2,1H3,(H,27,32)(H,30,31)/t19-,20?,22+,23-/m0/s1. The van der Waals surface area contributed by atoms with Crippen molar-refractivity contribution in [3.63, 3.8) is 0 Å². The fraction of sp³-hybridized carbons (Fsp3) is 0.400. The number of fused-ring (bicyclic) bond motifs is 1. The number of nitrogens with zero attached hydrogens (tertiary/aromatic N) is 1. The second-order valence-electron chi connectivity index (χ2n) is 9.27. The zero-order valence-electron chi connectivity index (χ0n) is 20.1. The first kappa shape index (κ1) is 27.1. The lowest BCUT2D eigenvalue weighted by Crippen LogP contribution is -2.59. The molecule has 198 valence electrons.